The molecule has 0 saturated carbocycles. The molecule has 3 aromatic rings. The molecule has 2 N–H and O–H groups in total. The van der Waals surface area contributed by atoms with E-state index >= 15 is 0 Å². The van der Waals surface area contributed by atoms with Gasteiger partial charge in [-0.15, -0.1) is 0 Å². The molecule has 2 amide bonds. The Balaban J connectivity index is 1.61. The summed E-state index contributed by atoms with van der Waals surface area (Å²) in [7, 11) is 0. The minimum absolute atomic E-state index is 0.354. The molecule has 0 aliphatic heterocycles. The maximum Gasteiger partial charge on any atom is 0.249 e. The zero-order valence-corrected chi connectivity index (χ0v) is 17.5. The number of amides is 2. The van der Waals surface area contributed by atoms with Gasteiger partial charge in [-0.05, 0) is 49.1 Å². The van der Waals surface area contributed by atoms with Gasteiger partial charge in [-0.3, -0.25) is 9.59 Å². The number of ether oxygens (including phenoxy) is 1. The van der Waals surface area contributed by atoms with Gasteiger partial charge in [-0.1, -0.05) is 41.9 Å². The fourth-order valence-corrected chi connectivity index (χ4v) is 3.10. The maximum atomic E-state index is 12.0. The Kier molecular flexibility index (Phi) is 7.03. The molecule has 0 aromatic heterocycles. The lowest BCUT2D eigenvalue weighted by Crippen LogP contribution is -2.24. The second-order valence-electron chi connectivity index (χ2n) is 6.61. The number of hydrazone groups is 1. The van der Waals surface area contributed by atoms with Gasteiger partial charge in [-0.2, -0.15) is 5.10 Å². The zero-order valence-electron chi connectivity index (χ0n) is 16.7. The lowest BCUT2D eigenvalue weighted by molar-refractivity contribution is -0.126. The molecule has 3 rings (SSSR count). The fourth-order valence-electron chi connectivity index (χ4n) is 2.92. The molecule has 30 heavy (non-hydrogen) atoms. The highest BCUT2D eigenvalue weighted by Gasteiger charge is 2.10. The van der Waals surface area contributed by atoms with Gasteiger partial charge in [0.1, 0.15) is 12.2 Å². The van der Waals surface area contributed by atoms with E-state index in [0.29, 0.717) is 17.3 Å². The number of carbonyl (C=O) groups excluding carboxylic acids is 2. The van der Waals surface area contributed by atoms with E-state index in [4.69, 9.17) is 16.3 Å². The lowest BCUT2D eigenvalue weighted by atomic mass is 10.0. The third kappa shape index (κ3) is 5.36. The molecule has 154 valence electrons. The molecule has 6 nitrogen and oxygen atoms in total. The highest BCUT2D eigenvalue weighted by molar-refractivity contribution is 6.31. The molecule has 0 saturated heterocycles. The Morgan fingerprint density at radius 3 is 2.57 bits per heavy atom. The number of nitrogens with one attached hydrogen (secondary N) is 2. The standard InChI is InChI=1S/C23H22ClN3O3/c1-3-30-21-11-9-16(18-6-4-5-7-19(18)21)14-25-27-23(29)13-22(28)26-17-10-8-15(2)20(24)12-17/h4-12,14H,3,13H2,1-2H3,(H,26,28)(H,27,29). The normalized spacial score (nSPS) is 10.9. The summed E-state index contributed by atoms with van der Waals surface area (Å²) in [4.78, 5) is 24.1. The average molecular weight is 424 g/mol. The lowest BCUT2D eigenvalue weighted by Gasteiger charge is -2.09. The van der Waals surface area contributed by atoms with Gasteiger partial charge in [0, 0.05) is 21.7 Å². The smallest absolute Gasteiger partial charge is 0.249 e. The van der Waals surface area contributed by atoms with Crippen molar-refractivity contribution in [1.29, 1.82) is 0 Å². The number of fused-ring (bicyclic) bond motifs is 1. The number of halogens is 1. The molecule has 0 fully saturated rings. The van der Waals surface area contributed by atoms with Gasteiger partial charge < -0.3 is 10.1 Å². The summed E-state index contributed by atoms with van der Waals surface area (Å²) >= 11 is 6.04. The number of carbonyl (C=O) groups is 2. The molecule has 7 heteroatoms. The first-order chi connectivity index (χ1) is 14.5. The summed E-state index contributed by atoms with van der Waals surface area (Å²) in [6, 6.07) is 16.7. The third-order valence-electron chi connectivity index (χ3n) is 4.39. The van der Waals surface area contributed by atoms with Crippen molar-refractivity contribution in [3.05, 3.63) is 70.7 Å². The molecule has 0 aliphatic rings. The number of aryl methyl sites for hydroxylation is 1. The molecule has 0 radical (unpaired) electrons. The van der Waals surface area contributed by atoms with Crippen molar-refractivity contribution in [3.8, 4) is 5.75 Å². The topological polar surface area (TPSA) is 79.8 Å². The number of hydrogen-bond donors (Lipinski definition) is 2. The quantitative estimate of drug-likeness (QED) is 0.329. The molecule has 0 heterocycles. The van der Waals surface area contributed by atoms with Crippen LogP contribution in [0.15, 0.2) is 59.7 Å². The Morgan fingerprint density at radius 2 is 1.83 bits per heavy atom. The average Bonchev–Trinajstić information content (AvgIpc) is 2.72. The number of hydrogen-bond acceptors (Lipinski definition) is 4. The second kappa shape index (κ2) is 9.89. The predicted octanol–water partition coefficient (Wildman–Crippen LogP) is 4.68. The summed E-state index contributed by atoms with van der Waals surface area (Å²) < 4.78 is 5.66. The number of benzene rings is 3. The summed E-state index contributed by atoms with van der Waals surface area (Å²) in [5, 5.41) is 9.09. The van der Waals surface area contributed by atoms with Gasteiger partial charge in [0.2, 0.25) is 11.8 Å². The van der Waals surface area contributed by atoms with Crippen molar-refractivity contribution < 1.29 is 14.3 Å². The molecular formula is C23H22ClN3O3. The van der Waals surface area contributed by atoms with E-state index in [1.54, 1.807) is 24.4 Å². The summed E-state index contributed by atoms with van der Waals surface area (Å²) in [6.07, 6.45) is 1.19. The first-order valence-corrected chi connectivity index (χ1v) is 9.88. The molecule has 0 aliphatic carbocycles. The van der Waals surface area contributed by atoms with Crippen LogP contribution in [0.3, 0.4) is 0 Å². The first-order valence-electron chi connectivity index (χ1n) is 9.50. The van der Waals surface area contributed by atoms with Crippen LogP contribution in [0.2, 0.25) is 5.02 Å². The SMILES string of the molecule is CCOc1ccc(C=NNC(=O)CC(=O)Nc2ccc(C)c(Cl)c2)c2ccccc12. The van der Waals surface area contributed by atoms with Crippen LogP contribution in [-0.2, 0) is 9.59 Å². The van der Waals surface area contributed by atoms with Crippen molar-refractivity contribution in [2.75, 3.05) is 11.9 Å². The molecule has 0 atom stereocenters. The number of nitrogens with zero attached hydrogens (tertiary/aromatic N) is 1. The first kappa shape index (κ1) is 21.3. The highest BCUT2D eigenvalue weighted by Crippen LogP contribution is 2.27. The molecule has 0 bridgehead atoms. The predicted molar refractivity (Wildman–Crippen MR) is 120 cm³/mol. The minimum Gasteiger partial charge on any atom is -0.493 e. The third-order valence-corrected chi connectivity index (χ3v) is 4.79. The summed E-state index contributed by atoms with van der Waals surface area (Å²) in [5.41, 5.74) is 4.65. The second-order valence-corrected chi connectivity index (χ2v) is 7.02. The van der Waals surface area contributed by atoms with E-state index in [2.05, 4.69) is 15.8 Å². The van der Waals surface area contributed by atoms with Crippen LogP contribution in [0.1, 0.15) is 24.5 Å². The largest absolute Gasteiger partial charge is 0.493 e. The molecular weight excluding hydrogens is 402 g/mol. The van der Waals surface area contributed by atoms with Crippen LogP contribution in [0.5, 0.6) is 5.75 Å². The molecule has 3 aromatic carbocycles. The van der Waals surface area contributed by atoms with Crippen LogP contribution >= 0.6 is 11.6 Å². The van der Waals surface area contributed by atoms with Gasteiger partial charge in [0.15, 0.2) is 0 Å². The minimum atomic E-state index is -0.516. The Morgan fingerprint density at radius 1 is 1.07 bits per heavy atom. The Labute approximate surface area is 179 Å². The highest BCUT2D eigenvalue weighted by atomic mass is 35.5. The number of rotatable bonds is 7. The number of anilines is 1. The fraction of sp³-hybridized carbons (Fsp3) is 0.174. The Hall–Kier alpha value is -3.38. The van der Waals surface area contributed by atoms with Crippen LogP contribution < -0.4 is 15.5 Å². The zero-order chi connectivity index (χ0) is 21.5. The van der Waals surface area contributed by atoms with Gasteiger partial charge in [0.05, 0.1) is 12.8 Å². The van der Waals surface area contributed by atoms with Gasteiger partial charge >= 0.3 is 0 Å². The van der Waals surface area contributed by atoms with Gasteiger partial charge in [0.25, 0.3) is 0 Å². The van der Waals surface area contributed by atoms with Crippen molar-refractivity contribution >= 4 is 46.1 Å². The van der Waals surface area contributed by atoms with Crippen molar-refractivity contribution in [2.45, 2.75) is 20.3 Å². The van der Waals surface area contributed by atoms with Crippen LogP contribution in [0.25, 0.3) is 10.8 Å². The van der Waals surface area contributed by atoms with E-state index < -0.39 is 11.8 Å². The van der Waals surface area contributed by atoms with Crippen molar-refractivity contribution in [2.24, 2.45) is 5.10 Å². The van der Waals surface area contributed by atoms with Crippen LogP contribution in [0.4, 0.5) is 5.69 Å². The van der Waals surface area contributed by atoms with Crippen LogP contribution in [-0.4, -0.2) is 24.6 Å². The molecule has 0 unspecified atom stereocenters. The van der Waals surface area contributed by atoms with Crippen molar-refractivity contribution in [3.63, 3.8) is 0 Å². The van der Waals surface area contributed by atoms with Gasteiger partial charge in [-0.25, -0.2) is 5.43 Å². The van der Waals surface area contributed by atoms with E-state index in [1.807, 2.05) is 50.2 Å². The maximum absolute atomic E-state index is 12.0. The summed E-state index contributed by atoms with van der Waals surface area (Å²) in [6.45, 7) is 4.38. The van der Waals surface area contributed by atoms with E-state index in [-0.39, 0.29) is 6.42 Å². The van der Waals surface area contributed by atoms with Crippen molar-refractivity contribution in [1.82, 2.24) is 5.43 Å². The van der Waals surface area contributed by atoms with Crippen LogP contribution in [0, 0.1) is 6.92 Å². The molecule has 0 spiro atoms. The Bertz CT molecular complexity index is 1110. The monoisotopic (exact) mass is 423 g/mol. The van der Waals surface area contributed by atoms with E-state index in [9.17, 15) is 9.59 Å². The summed E-state index contributed by atoms with van der Waals surface area (Å²) in [5.74, 6) is -0.173. The van der Waals surface area contributed by atoms with E-state index in [0.717, 1.165) is 27.6 Å². The van der Waals surface area contributed by atoms with E-state index in [1.165, 1.54) is 0 Å².